The molecule has 0 bridgehead atoms. The molecule has 0 saturated carbocycles. The van der Waals surface area contributed by atoms with Crippen molar-refractivity contribution in [2.45, 2.75) is 106 Å². The molecule has 1 aliphatic carbocycles. The number of aliphatic hydroxyl groups excluding tert-OH is 1. The summed E-state index contributed by atoms with van der Waals surface area (Å²) in [6.45, 7) is 18.9. The van der Waals surface area contributed by atoms with Gasteiger partial charge in [-0.15, -0.1) is 40.5 Å². The minimum absolute atomic E-state index is 0. The van der Waals surface area contributed by atoms with Gasteiger partial charge in [0.05, 0.1) is 10.6 Å². The number of allylic oxidation sites excluding steroid dienone is 2. The Balaban J connectivity index is 0.000000260. The van der Waals surface area contributed by atoms with Crippen molar-refractivity contribution in [1.29, 1.82) is 0 Å². The summed E-state index contributed by atoms with van der Waals surface area (Å²) in [7, 11) is 0. The van der Waals surface area contributed by atoms with E-state index in [1.807, 2.05) is 71.3 Å². The zero-order chi connectivity index (χ0) is 34.9. The number of aliphatic hydroxyl groups is 1. The van der Waals surface area contributed by atoms with Crippen molar-refractivity contribution < 1.29 is 30.0 Å². The first-order chi connectivity index (χ1) is 22.8. The van der Waals surface area contributed by atoms with Crippen LogP contribution in [0.25, 0.3) is 42.7 Å². The number of ketones is 1. The molecule has 3 aromatic heterocycles. The quantitative estimate of drug-likeness (QED) is 0.0960. The van der Waals surface area contributed by atoms with Gasteiger partial charge < -0.3 is 5.11 Å². The Bertz CT molecular complexity index is 1980. The van der Waals surface area contributed by atoms with Crippen molar-refractivity contribution in [3.05, 3.63) is 95.5 Å². The van der Waals surface area contributed by atoms with Gasteiger partial charge in [-0.25, -0.2) is 0 Å². The molecule has 0 amide bonds. The SMILES string of the molecule is CC(C)(C)c1cc(-c2nccc3c4c(sc23)-c2ncccc2CC4)[c-]c2ccccc12.CCC(C)(CC)C(=O)/C=C(\O)C(C)(CC)CC.[Ir]. The molecule has 0 aliphatic heterocycles. The number of rotatable bonds is 8. The summed E-state index contributed by atoms with van der Waals surface area (Å²) in [6.07, 6.45) is 10.7. The van der Waals surface area contributed by atoms with Crippen molar-refractivity contribution in [1.82, 2.24) is 9.97 Å². The molecule has 4 nitrogen and oxygen atoms in total. The second-order valence-corrected chi connectivity index (χ2v) is 15.8. The topological polar surface area (TPSA) is 63.1 Å². The largest absolute Gasteiger partial charge is 0.512 e. The van der Waals surface area contributed by atoms with Crippen molar-refractivity contribution in [3.8, 4) is 21.8 Å². The summed E-state index contributed by atoms with van der Waals surface area (Å²) >= 11 is 1.84. The molecule has 1 radical (unpaired) electrons. The molecule has 5 aromatic rings. The first kappa shape index (κ1) is 38.6. The Morgan fingerprint density at radius 1 is 0.837 bits per heavy atom. The van der Waals surface area contributed by atoms with Crippen LogP contribution >= 0.6 is 11.3 Å². The Labute approximate surface area is 310 Å². The average Bonchev–Trinajstić information content (AvgIpc) is 3.49. The number of hydrogen-bond donors (Lipinski definition) is 1. The Morgan fingerprint density at radius 3 is 2.14 bits per heavy atom. The molecule has 261 valence electrons. The molecule has 0 fully saturated rings. The van der Waals surface area contributed by atoms with Gasteiger partial charge in [0.1, 0.15) is 5.76 Å². The van der Waals surface area contributed by atoms with Gasteiger partial charge in [0, 0.05) is 59.8 Å². The monoisotopic (exact) mass is 852 g/mol. The van der Waals surface area contributed by atoms with Crippen molar-refractivity contribution in [2.24, 2.45) is 10.8 Å². The predicted molar refractivity (Wildman–Crippen MR) is 204 cm³/mol. The Morgan fingerprint density at radius 2 is 1.49 bits per heavy atom. The van der Waals surface area contributed by atoms with Crippen LogP contribution in [0.1, 0.15) is 105 Å². The molecular weight excluding hydrogens is 801 g/mol. The third-order valence-electron chi connectivity index (χ3n) is 10.9. The fourth-order valence-corrected chi connectivity index (χ4v) is 7.85. The Hall–Kier alpha value is -3.18. The second kappa shape index (κ2) is 15.4. The van der Waals surface area contributed by atoms with Crippen LogP contribution in [0.4, 0.5) is 0 Å². The van der Waals surface area contributed by atoms with E-state index in [1.165, 1.54) is 43.1 Å². The molecule has 2 aromatic carbocycles. The first-order valence-electron chi connectivity index (χ1n) is 17.6. The predicted octanol–water partition coefficient (Wildman–Crippen LogP) is 12.0. The molecule has 1 aliphatic rings. The second-order valence-electron chi connectivity index (χ2n) is 14.8. The number of aromatic nitrogens is 2. The van der Waals surface area contributed by atoms with Crippen LogP contribution in [0.5, 0.6) is 0 Å². The van der Waals surface area contributed by atoms with Crippen molar-refractivity contribution in [3.63, 3.8) is 0 Å². The molecule has 6 rings (SSSR count). The number of hydrogen-bond acceptors (Lipinski definition) is 5. The van der Waals surface area contributed by atoms with E-state index >= 15 is 0 Å². The normalized spacial score (nSPS) is 13.3. The van der Waals surface area contributed by atoms with Gasteiger partial charge >= 0.3 is 0 Å². The number of benzene rings is 2. The standard InChI is InChI=1S/C28H23N2S.C15H28O2.Ir/c1-28(2,3)23-16-19(15-18-7-4-5-9-20(18)23)25-27-22(12-14-30-25)21-11-10-17-8-6-13-29-24(17)26(21)31-27;1-7-14(5,8-2)12(16)11-13(17)15(6,9-3)10-4;/h4-9,12-14,16H,10-11H2,1-3H3;11,16H,7-10H2,1-6H3;/q-1;;/b;12-11-;. The van der Waals surface area contributed by atoms with E-state index in [-0.39, 0.29) is 47.9 Å². The van der Waals surface area contributed by atoms with Gasteiger partial charge in [0.2, 0.25) is 0 Å². The maximum Gasteiger partial charge on any atom is 0.164 e. The molecule has 49 heavy (non-hydrogen) atoms. The maximum atomic E-state index is 12.2. The summed E-state index contributed by atoms with van der Waals surface area (Å²) in [4.78, 5) is 23.1. The van der Waals surface area contributed by atoms with E-state index in [2.05, 4.69) is 69.3 Å². The number of pyridine rings is 2. The third kappa shape index (κ3) is 7.62. The summed E-state index contributed by atoms with van der Waals surface area (Å²) in [5.41, 5.74) is 6.80. The number of nitrogens with zero attached hydrogens (tertiary/aromatic N) is 2. The van der Waals surface area contributed by atoms with Gasteiger partial charge in [0.25, 0.3) is 0 Å². The number of thiophene rings is 1. The Kier molecular flexibility index (Phi) is 12.1. The van der Waals surface area contributed by atoms with Crippen LogP contribution in [0, 0.1) is 16.9 Å². The van der Waals surface area contributed by atoms with E-state index in [9.17, 15) is 9.90 Å². The zero-order valence-electron chi connectivity index (χ0n) is 30.6. The summed E-state index contributed by atoms with van der Waals surface area (Å²) < 4.78 is 1.25. The van der Waals surface area contributed by atoms with Crippen LogP contribution in [0.3, 0.4) is 0 Å². The summed E-state index contributed by atoms with van der Waals surface area (Å²) in [5, 5.41) is 13.9. The fraction of sp³-hybridized carbons (Fsp3) is 0.419. The van der Waals surface area contributed by atoms with Crippen LogP contribution < -0.4 is 0 Å². The van der Waals surface area contributed by atoms with Crippen LogP contribution in [0.2, 0.25) is 0 Å². The molecular formula is C43H51IrN2O2S-. The average molecular weight is 852 g/mol. The van der Waals surface area contributed by atoms with Gasteiger partial charge in [-0.05, 0) is 72.6 Å². The summed E-state index contributed by atoms with van der Waals surface area (Å²) in [6, 6.07) is 21.0. The van der Waals surface area contributed by atoms with Crippen LogP contribution in [-0.2, 0) is 43.2 Å². The van der Waals surface area contributed by atoms with Gasteiger partial charge in [-0.3, -0.25) is 14.8 Å². The first-order valence-corrected chi connectivity index (χ1v) is 18.4. The molecule has 0 atom stereocenters. The number of carbonyl (C=O) groups excluding carboxylic acids is 1. The van der Waals surface area contributed by atoms with Gasteiger partial charge in [0.15, 0.2) is 5.78 Å². The number of aryl methyl sites for hydroxylation is 2. The van der Waals surface area contributed by atoms with Crippen LogP contribution in [0.15, 0.2) is 72.8 Å². The van der Waals surface area contributed by atoms with E-state index < -0.39 is 0 Å². The molecule has 6 heteroatoms. The van der Waals surface area contributed by atoms with Crippen molar-refractivity contribution in [2.75, 3.05) is 0 Å². The van der Waals surface area contributed by atoms with Gasteiger partial charge in [-0.2, -0.15) is 0 Å². The van der Waals surface area contributed by atoms with E-state index in [4.69, 9.17) is 9.97 Å². The minimum Gasteiger partial charge on any atom is -0.512 e. The van der Waals surface area contributed by atoms with Crippen molar-refractivity contribution >= 4 is 38.0 Å². The zero-order valence-corrected chi connectivity index (χ0v) is 33.8. The molecule has 3 heterocycles. The van der Waals surface area contributed by atoms with E-state index in [1.54, 1.807) is 0 Å². The van der Waals surface area contributed by atoms with Crippen LogP contribution in [-0.4, -0.2) is 20.9 Å². The molecule has 1 N–H and O–H groups in total. The minimum atomic E-state index is -0.337. The van der Waals surface area contributed by atoms with Gasteiger partial charge in [-0.1, -0.05) is 97.5 Å². The van der Waals surface area contributed by atoms with E-state index in [0.29, 0.717) is 0 Å². The molecule has 0 unspecified atom stereocenters. The van der Waals surface area contributed by atoms with E-state index in [0.717, 1.165) is 60.9 Å². The molecule has 0 saturated heterocycles. The summed E-state index contributed by atoms with van der Waals surface area (Å²) in [5.74, 6) is 0.286. The smallest absolute Gasteiger partial charge is 0.164 e. The molecule has 0 spiro atoms. The fourth-order valence-electron chi connectivity index (χ4n) is 6.47. The number of fused-ring (bicyclic) bond motifs is 6. The number of carbonyl (C=O) groups is 1. The maximum absolute atomic E-state index is 12.2. The third-order valence-corrected chi connectivity index (χ3v) is 12.2.